The summed E-state index contributed by atoms with van der Waals surface area (Å²) in [4.78, 5) is 0. The third kappa shape index (κ3) is 16.1. The Bertz CT molecular complexity index is 830. The van der Waals surface area contributed by atoms with E-state index in [2.05, 4.69) is 74.5 Å². The molecule has 0 fully saturated rings. The molecule has 0 heterocycles. The number of hydrogen-bond donors (Lipinski definition) is 0. The van der Waals surface area contributed by atoms with Crippen molar-refractivity contribution < 1.29 is 31.2 Å². The topological polar surface area (TPSA) is 18.5 Å². The summed E-state index contributed by atoms with van der Waals surface area (Å²) in [6.45, 7) is 4.43. The summed E-state index contributed by atoms with van der Waals surface area (Å²) in [6.07, 6.45) is 6.36. The average Bonchev–Trinajstić information content (AvgIpc) is 3.60. The van der Waals surface area contributed by atoms with Crippen LogP contribution in [0.25, 0.3) is 0 Å². The molecule has 0 saturated carbocycles. The Morgan fingerprint density at radius 2 is 1.00 bits per heavy atom. The molecule has 0 aliphatic carbocycles. The van der Waals surface area contributed by atoms with Crippen LogP contribution in [0.2, 0.25) is 0 Å². The van der Waals surface area contributed by atoms with Crippen molar-refractivity contribution in [2.75, 3.05) is 14.2 Å². The molecule has 2 nitrogen and oxygen atoms in total. The molecule has 0 aromatic heterocycles. The minimum atomic E-state index is 0. The minimum absolute atomic E-state index is 0. The normalized spacial score (nSPS) is 8.94. The Kier molecular flexibility index (Phi) is 20.6. The molecule has 4 aromatic rings. The zero-order valence-electron chi connectivity index (χ0n) is 21.1. The quantitative estimate of drug-likeness (QED) is 0.193. The van der Waals surface area contributed by atoms with Gasteiger partial charge in [-0.1, -0.05) is 46.0 Å². The SMILES string of the molecule is CCCC[c-]1cccc1.CCC[c-]1cccc1.COc1cc[c-]cc1.COc1cc[c-]cc1.[Ti+4]. The zero-order chi connectivity index (χ0) is 24.0. The van der Waals surface area contributed by atoms with Crippen LogP contribution in [0.4, 0.5) is 0 Å². The summed E-state index contributed by atoms with van der Waals surface area (Å²) >= 11 is 0. The number of aryl methyl sites for hydroxylation is 2. The van der Waals surface area contributed by atoms with Gasteiger partial charge in [0.25, 0.3) is 0 Å². The second-order valence-electron chi connectivity index (χ2n) is 7.32. The summed E-state index contributed by atoms with van der Waals surface area (Å²) in [6, 6.07) is 37.6. The maximum atomic E-state index is 4.89. The zero-order valence-corrected chi connectivity index (χ0v) is 22.7. The Morgan fingerprint density at radius 1 is 0.618 bits per heavy atom. The third-order valence-corrected chi connectivity index (χ3v) is 4.67. The van der Waals surface area contributed by atoms with Gasteiger partial charge in [0.1, 0.15) is 0 Å². The molecule has 34 heavy (non-hydrogen) atoms. The Balaban J connectivity index is 0.000000423. The summed E-state index contributed by atoms with van der Waals surface area (Å²) < 4.78 is 9.79. The van der Waals surface area contributed by atoms with E-state index >= 15 is 0 Å². The van der Waals surface area contributed by atoms with Gasteiger partial charge in [-0.2, -0.15) is 71.8 Å². The van der Waals surface area contributed by atoms with Crippen molar-refractivity contribution in [2.24, 2.45) is 0 Å². The molecule has 0 bridgehead atoms. The van der Waals surface area contributed by atoms with Gasteiger partial charge in [0.2, 0.25) is 0 Å². The van der Waals surface area contributed by atoms with Gasteiger partial charge in [0.05, 0.1) is 14.2 Å². The Morgan fingerprint density at radius 3 is 1.29 bits per heavy atom. The average molecular weight is 491 g/mol. The van der Waals surface area contributed by atoms with E-state index in [0.717, 1.165) is 11.5 Å². The summed E-state index contributed by atoms with van der Waals surface area (Å²) in [5.74, 6) is 1.76. The summed E-state index contributed by atoms with van der Waals surface area (Å²) in [5, 5.41) is 0. The molecule has 0 spiro atoms. The first kappa shape index (κ1) is 31.5. The van der Waals surface area contributed by atoms with E-state index < -0.39 is 0 Å². The van der Waals surface area contributed by atoms with E-state index in [1.165, 1.54) is 43.2 Å². The fraction of sp³-hybridized carbons (Fsp3) is 0.290. The monoisotopic (exact) mass is 490 g/mol. The standard InChI is InChI=1S/C9H13.C8H11.2C7H7O.Ti/c1-2-3-6-9-7-4-5-8-9;1-2-5-8-6-3-4-7-8;2*1-8-7-5-3-2-4-6-7;/h4-5,7-8H,2-3,6H2,1H3;3-4,6-7H,2,5H2,1H3;2*3-6H,1H3;/q4*-1;+4. The van der Waals surface area contributed by atoms with Crippen LogP contribution in [0, 0.1) is 12.1 Å². The summed E-state index contributed by atoms with van der Waals surface area (Å²) in [7, 11) is 3.30. The van der Waals surface area contributed by atoms with E-state index in [1.807, 2.05) is 48.5 Å². The van der Waals surface area contributed by atoms with Crippen LogP contribution in [-0.2, 0) is 34.6 Å². The van der Waals surface area contributed by atoms with Gasteiger partial charge in [0.15, 0.2) is 0 Å². The fourth-order valence-corrected chi connectivity index (χ4v) is 2.85. The second-order valence-corrected chi connectivity index (χ2v) is 7.32. The maximum absolute atomic E-state index is 4.89. The number of benzene rings is 2. The van der Waals surface area contributed by atoms with Gasteiger partial charge < -0.3 is 9.47 Å². The van der Waals surface area contributed by atoms with Crippen molar-refractivity contribution in [3.8, 4) is 11.5 Å². The molecule has 0 N–H and O–H groups in total. The molecule has 0 atom stereocenters. The minimum Gasteiger partial charge on any atom is -0.522 e. The number of rotatable bonds is 7. The molecule has 4 rings (SSSR count). The molecule has 3 heteroatoms. The van der Waals surface area contributed by atoms with E-state index in [0.29, 0.717) is 0 Å². The van der Waals surface area contributed by atoms with Crippen molar-refractivity contribution in [1.82, 2.24) is 0 Å². The number of unbranched alkanes of at least 4 members (excludes halogenated alkanes) is 1. The van der Waals surface area contributed by atoms with Gasteiger partial charge in [0, 0.05) is 11.5 Å². The smallest absolute Gasteiger partial charge is 0.522 e. The Hall–Kier alpha value is -2.55. The van der Waals surface area contributed by atoms with Crippen LogP contribution < -0.4 is 9.47 Å². The molecule has 0 saturated heterocycles. The number of hydrogen-bond acceptors (Lipinski definition) is 2. The number of methoxy groups -OCH3 is 2. The molecule has 178 valence electrons. The number of ether oxygens (including phenoxy) is 2. The Labute approximate surface area is 222 Å². The molecule has 0 unspecified atom stereocenters. The van der Waals surface area contributed by atoms with Gasteiger partial charge in [-0.05, 0) is 0 Å². The first-order valence-corrected chi connectivity index (χ1v) is 11.6. The van der Waals surface area contributed by atoms with Gasteiger partial charge in [-0.3, -0.25) is 0 Å². The first-order chi connectivity index (χ1) is 16.2. The van der Waals surface area contributed by atoms with Crippen molar-refractivity contribution in [2.45, 2.75) is 46.0 Å². The second kappa shape index (κ2) is 22.3. The van der Waals surface area contributed by atoms with Crippen molar-refractivity contribution in [1.29, 1.82) is 0 Å². The molecule has 4 aromatic carbocycles. The molecular weight excluding hydrogens is 452 g/mol. The van der Waals surface area contributed by atoms with Crippen LogP contribution in [0.15, 0.2) is 97.1 Å². The van der Waals surface area contributed by atoms with Gasteiger partial charge in [-0.25, -0.2) is 24.3 Å². The van der Waals surface area contributed by atoms with Crippen molar-refractivity contribution in [3.63, 3.8) is 0 Å². The van der Waals surface area contributed by atoms with Crippen LogP contribution in [0.3, 0.4) is 0 Å². The first-order valence-electron chi connectivity index (χ1n) is 11.6. The van der Waals surface area contributed by atoms with E-state index in [-0.39, 0.29) is 21.7 Å². The molecule has 0 aliphatic rings. The van der Waals surface area contributed by atoms with Crippen LogP contribution >= 0.6 is 0 Å². The summed E-state index contributed by atoms with van der Waals surface area (Å²) in [5.41, 5.74) is 2.95. The van der Waals surface area contributed by atoms with E-state index in [9.17, 15) is 0 Å². The van der Waals surface area contributed by atoms with Crippen LogP contribution in [-0.4, -0.2) is 14.2 Å². The van der Waals surface area contributed by atoms with Crippen molar-refractivity contribution >= 4 is 0 Å². The molecular formula is C31H38O2Ti. The molecule has 0 amide bonds. The molecule has 0 radical (unpaired) electrons. The third-order valence-electron chi connectivity index (χ3n) is 4.67. The maximum Gasteiger partial charge on any atom is 4.00 e. The largest absolute Gasteiger partial charge is 4.00 e. The van der Waals surface area contributed by atoms with E-state index in [4.69, 9.17) is 9.47 Å². The van der Waals surface area contributed by atoms with E-state index in [1.54, 1.807) is 14.2 Å². The predicted molar refractivity (Wildman–Crippen MR) is 140 cm³/mol. The predicted octanol–water partition coefficient (Wildman–Crippen LogP) is 8.09. The van der Waals surface area contributed by atoms with Gasteiger partial charge in [-0.15, -0.1) is 24.3 Å². The van der Waals surface area contributed by atoms with Crippen LogP contribution in [0.5, 0.6) is 11.5 Å². The molecule has 0 aliphatic heterocycles. The fourth-order valence-electron chi connectivity index (χ4n) is 2.85. The van der Waals surface area contributed by atoms with Crippen molar-refractivity contribution in [3.05, 3.63) is 120 Å². The van der Waals surface area contributed by atoms with Crippen LogP contribution in [0.1, 0.15) is 44.2 Å². The van der Waals surface area contributed by atoms with Gasteiger partial charge >= 0.3 is 21.7 Å².